The Bertz CT molecular complexity index is 1250. The second kappa shape index (κ2) is 8.68. The van der Waals surface area contributed by atoms with Gasteiger partial charge in [-0.2, -0.15) is 0 Å². The normalized spacial score (nSPS) is 15.6. The first-order valence-electron chi connectivity index (χ1n) is 9.88. The fraction of sp³-hybridized carbons (Fsp3) is 0.273. The first kappa shape index (κ1) is 21.3. The standard InChI is InChI=1S/C22H22N4O3S2/c1-13(2)10-23-19-16(20(27)25-11-14(3)6-7-18(25)24-19)9-17-21(28)26(22(30)31-17)12-15-5-4-8-29-15/h4-9,11,13,23H,10,12H2,1-3H3/b17-9+. The van der Waals surface area contributed by atoms with E-state index in [0.29, 0.717) is 44.5 Å². The van der Waals surface area contributed by atoms with Gasteiger partial charge >= 0.3 is 0 Å². The molecule has 1 amide bonds. The van der Waals surface area contributed by atoms with Gasteiger partial charge in [0.05, 0.1) is 23.3 Å². The van der Waals surface area contributed by atoms with Crippen molar-refractivity contribution in [3.05, 3.63) is 68.9 Å². The third kappa shape index (κ3) is 4.42. The minimum Gasteiger partial charge on any atom is -0.467 e. The van der Waals surface area contributed by atoms with Crippen LogP contribution in [-0.2, 0) is 11.3 Å². The Balaban J connectivity index is 1.77. The summed E-state index contributed by atoms with van der Waals surface area (Å²) < 4.78 is 7.27. The van der Waals surface area contributed by atoms with Crippen LogP contribution in [0, 0.1) is 12.8 Å². The van der Waals surface area contributed by atoms with Gasteiger partial charge in [-0.05, 0) is 42.7 Å². The van der Waals surface area contributed by atoms with Crippen molar-refractivity contribution in [1.82, 2.24) is 14.3 Å². The van der Waals surface area contributed by atoms with Crippen molar-refractivity contribution in [2.45, 2.75) is 27.3 Å². The summed E-state index contributed by atoms with van der Waals surface area (Å²) in [7, 11) is 0. The lowest BCUT2D eigenvalue weighted by Crippen LogP contribution is -2.27. The summed E-state index contributed by atoms with van der Waals surface area (Å²) in [5.41, 5.74) is 1.58. The van der Waals surface area contributed by atoms with Gasteiger partial charge in [0, 0.05) is 12.7 Å². The Morgan fingerprint density at radius 2 is 2.10 bits per heavy atom. The highest BCUT2D eigenvalue weighted by atomic mass is 32.2. The van der Waals surface area contributed by atoms with E-state index in [1.165, 1.54) is 21.1 Å². The quantitative estimate of drug-likeness (QED) is 0.444. The lowest BCUT2D eigenvalue weighted by atomic mass is 10.2. The molecule has 4 heterocycles. The van der Waals surface area contributed by atoms with Gasteiger partial charge in [-0.15, -0.1) is 0 Å². The van der Waals surface area contributed by atoms with Crippen molar-refractivity contribution in [3.63, 3.8) is 0 Å². The maximum absolute atomic E-state index is 13.3. The lowest BCUT2D eigenvalue weighted by Gasteiger charge is -2.13. The van der Waals surface area contributed by atoms with Crippen LogP contribution in [-0.4, -0.2) is 31.1 Å². The predicted molar refractivity (Wildman–Crippen MR) is 127 cm³/mol. The van der Waals surface area contributed by atoms with E-state index in [1.807, 2.05) is 19.1 Å². The molecule has 0 spiro atoms. The van der Waals surface area contributed by atoms with Crippen molar-refractivity contribution < 1.29 is 9.21 Å². The number of nitrogens with zero attached hydrogens (tertiary/aromatic N) is 3. The largest absolute Gasteiger partial charge is 0.467 e. The minimum atomic E-state index is -0.255. The molecule has 3 aromatic rings. The van der Waals surface area contributed by atoms with Crippen molar-refractivity contribution in [2.24, 2.45) is 5.92 Å². The third-order valence-electron chi connectivity index (χ3n) is 4.73. The van der Waals surface area contributed by atoms with Crippen LogP contribution < -0.4 is 10.9 Å². The molecule has 4 rings (SSSR count). The van der Waals surface area contributed by atoms with Crippen molar-refractivity contribution in [3.8, 4) is 0 Å². The monoisotopic (exact) mass is 454 g/mol. The zero-order valence-electron chi connectivity index (χ0n) is 17.4. The summed E-state index contributed by atoms with van der Waals surface area (Å²) in [6.07, 6.45) is 4.89. The number of hydrogen-bond acceptors (Lipinski definition) is 7. The zero-order chi connectivity index (χ0) is 22.1. The van der Waals surface area contributed by atoms with Crippen molar-refractivity contribution in [2.75, 3.05) is 11.9 Å². The Morgan fingerprint density at radius 3 is 2.81 bits per heavy atom. The van der Waals surface area contributed by atoms with Crippen LogP contribution in [0.2, 0.25) is 0 Å². The van der Waals surface area contributed by atoms with Gasteiger partial charge in [0.15, 0.2) is 0 Å². The molecule has 31 heavy (non-hydrogen) atoms. The van der Waals surface area contributed by atoms with E-state index in [2.05, 4.69) is 24.1 Å². The summed E-state index contributed by atoms with van der Waals surface area (Å²) in [5.74, 6) is 1.20. The van der Waals surface area contributed by atoms with Crippen molar-refractivity contribution in [1.29, 1.82) is 0 Å². The third-order valence-corrected chi connectivity index (χ3v) is 6.10. The van der Waals surface area contributed by atoms with Crippen LogP contribution in [0.25, 0.3) is 11.7 Å². The summed E-state index contributed by atoms with van der Waals surface area (Å²) in [6, 6.07) is 7.27. The Morgan fingerprint density at radius 1 is 1.29 bits per heavy atom. The molecule has 1 aliphatic heterocycles. The van der Waals surface area contributed by atoms with E-state index in [0.717, 1.165) is 5.56 Å². The molecule has 0 bridgehead atoms. The van der Waals surface area contributed by atoms with Crippen LogP contribution in [0.5, 0.6) is 0 Å². The van der Waals surface area contributed by atoms with E-state index >= 15 is 0 Å². The van der Waals surface area contributed by atoms with Crippen LogP contribution in [0.3, 0.4) is 0 Å². The van der Waals surface area contributed by atoms with Gasteiger partial charge in [0.1, 0.15) is 21.5 Å². The van der Waals surface area contributed by atoms with Crippen LogP contribution in [0.1, 0.15) is 30.7 Å². The highest BCUT2D eigenvalue weighted by molar-refractivity contribution is 8.26. The fourth-order valence-electron chi connectivity index (χ4n) is 3.15. The molecule has 0 unspecified atom stereocenters. The second-order valence-corrected chi connectivity index (χ2v) is 9.41. The van der Waals surface area contributed by atoms with Gasteiger partial charge in [-0.1, -0.05) is 43.9 Å². The molecule has 0 aliphatic carbocycles. The average molecular weight is 455 g/mol. The molecule has 1 aliphatic rings. The number of anilines is 1. The van der Waals surface area contributed by atoms with Gasteiger partial charge in [0.2, 0.25) is 0 Å². The van der Waals surface area contributed by atoms with E-state index in [9.17, 15) is 9.59 Å². The summed E-state index contributed by atoms with van der Waals surface area (Å²) in [5, 5.41) is 3.26. The molecule has 1 saturated heterocycles. The smallest absolute Gasteiger partial charge is 0.267 e. The molecule has 7 nitrogen and oxygen atoms in total. The number of aryl methyl sites for hydroxylation is 1. The fourth-order valence-corrected chi connectivity index (χ4v) is 4.39. The first-order valence-corrected chi connectivity index (χ1v) is 11.1. The van der Waals surface area contributed by atoms with Crippen LogP contribution in [0.15, 0.2) is 50.8 Å². The van der Waals surface area contributed by atoms with E-state index in [-0.39, 0.29) is 18.0 Å². The molecular weight excluding hydrogens is 432 g/mol. The molecule has 0 radical (unpaired) electrons. The maximum atomic E-state index is 13.3. The molecule has 3 aromatic heterocycles. The minimum absolute atomic E-state index is 0.240. The lowest BCUT2D eigenvalue weighted by molar-refractivity contribution is -0.122. The summed E-state index contributed by atoms with van der Waals surface area (Å²) >= 11 is 6.57. The molecule has 160 valence electrons. The predicted octanol–water partition coefficient (Wildman–Crippen LogP) is 4.07. The number of furan rings is 1. The number of hydrogen-bond donors (Lipinski definition) is 1. The van der Waals surface area contributed by atoms with Gasteiger partial charge in [0.25, 0.3) is 11.5 Å². The highest BCUT2D eigenvalue weighted by Crippen LogP contribution is 2.34. The second-order valence-electron chi connectivity index (χ2n) is 7.74. The number of carbonyl (C=O) groups is 1. The average Bonchev–Trinajstić information content (AvgIpc) is 3.33. The number of carbonyl (C=O) groups excluding carboxylic acids is 1. The summed E-state index contributed by atoms with van der Waals surface area (Å²) in [4.78, 5) is 32.8. The maximum Gasteiger partial charge on any atom is 0.267 e. The molecule has 0 saturated carbocycles. The molecule has 9 heteroatoms. The molecule has 1 fully saturated rings. The number of nitrogens with one attached hydrogen (secondary N) is 1. The topological polar surface area (TPSA) is 79.8 Å². The molecule has 0 aromatic carbocycles. The number of fused-ring (bicyclic) bond motifs is 1. The first-order chi connectivity index (χ1) is 14.8. The zero-order valence-corrected chi connectivity index (χ0v) is 19.0. The Labute approximate surface area is 189 Å². The van der Waals surface area contributed by atoms with Crippen LogP contribution in [0.4, 0.5) is 5.82 Å². The number of rotatable bonds is 6. The number of amides is 1. The number of aromatic nitrogens is 2. The van der Waals surface area contributed by atoms with Crippen LogP contribution >= 0.6 is 24.0 Å². The number of thioether (sulfide) groups is 1. The molecule has 0 atom stereocenters. The summed E-state index contributed by atoms with van der Waals surface area (Å²) in [6.45, 7) is 6.96. The van der Waals surface area contributed by atoms with Crippen molar-refractivity contribution >= 4 is 51.7 Å². The van der Waals surface area contributed by atoms with E-state index in [4.69, 9.17) is 16.6 Å². The van der Waals surface area contributed by atoms with E-state index < -0.39 is 0 Å². The number of thiocarbonyl (C=S) groups is 1. The molecular formula is C22H22N4O3S2. The highest BCUT2D eigenvalue weighted by Gasteiger charge is 2.33. The SMILES string of the molecule is Cc1ccc2nc(NCC(C)C)c(/C=C3/SC(=S)N(Cc4ccco4)C3=O)c(=O)n2c1. The van der Waals surface area contributed by atoms with Gasteiger partial charge in [-0.3, -0.25) is 18.9 Å². The van der Waals surface area contributed by atoms with Gasteiger partial charge < -0.3 is 9.73 Å². The van der Waals surface area contributed by atoms with E-state index in [1.54, 1.807) is 30.7 Å². The Kier molecular flexibility index (Phi) is 5.97. The Hall–Kier alpha value is -2.91. The molecule has 1 N–H and O–H groups in total. The van der Waals surface area contributed by atoms with Gasteiger partial charge in [-0.25, -0.2) is 4.98 Å². The number of pyridine rings is 1.